The van der Waals surface area contributed by atoms with Gasteiger partial charge in [-0.1, -0.05) is 61.7 Å². The molecule has 0 aliphatic heterocycles. The molecule has 0 atom stereocenters. The van der Waals surface area contributed by atoms with Crippen LogP contribution in [0.3, 0.4) is 0 Å². The summed E-state index contributed by atoms with van der Waals surface area (Å²) < 4.78 is 0. The van der Waals surface area contributed by atoms with E-state index in [9.17, 15) is 0 Å². The van der Waals surface area contributed by atoms with Gasteiger partial charge in [0.1, 0.15) is 0 Å². The number of nitrogens with zero attached hydrogens (tertiary/aromatic N) is 1. The molecule has 0 amide bonds. The van der Waals surface area contributed by atoms with E-state index in [-0.39, 0.29) is 0 Å². The van der Waals surface area contributed by atoms with Crippen molar-refractivity contribution in [2.75, 3.05) is 6.54 Å². The van der Waals surface area contributed by atoms with Gasteiger partial charge in [0.15, 0.2) is 0 Å². The minimum Gasteiger partial charge on any atom is -0.330 e. The van der Waals surface area contributed by atoms with Crippen LogP contribution in [0.1, 0.15) is 11.4 Å². The zero-order chi connectivity index (χ0) is 15.1. The second-order valence-corrected chi connectivity index (χ2v) is 4.70. The SMILES string of the molecule is C=C/C=C(\C=C)c1cc(-c2ccccc2)cc(CCN)n1. The molecule has 1 aromatic carbocycles. The van der Waals surface area contributed by atoms with Crippen molar-refractivity contribution in [2.24, 2.45) is 5.73 Å². The molecule has 0 fully saturated rings. The van der Waals surface area contributed by atoms with Crippen LogP contribution < -0.4 is 5.73 Å². The molecule has 0 bridgehead atoms. The molecule has 2 nitrogen and oxygen atoms in total. The molecule has 2 aromatic rings. The van der Waals surface area contributed by atoms with Crippen LogP contribution in [-0.2, 0) is 6.42 Å². The first-order chi connectivity index (χ1) is 10.3. The Balaban J connectivity index is 2.56. The maximum absolute atomic E-state index is 5.68. The topological polar surface area (TPSA) is 38.9 Å². The maximum atomic E-state index is 5.68. The summed E-state index contributed by atoms with van der Waals surface area (Å²) in [6, 6.07) is 14.4. The Kier molecular flexibility index (Phi) is 5.24. The van der Waals surface area contributed by atoms with Gasteiger partial charge in [-0.2, -0.15) is 0 Å². The highest BCUT2D eigenvalue weighted by Gasteiger charge is 2.06. The monoisotopic (exact) mass is 276 g/mol. The van der Waals surface area contributed by atoms with Crippen LogP contribution in [0.15, 0.2) is 73.9 Å². The van der Waals surface area contributed by atoms with Crippen molar-refractivity contribution in [3.05, 3.63) is 85.2 Å². The molecule has 0 aliphatic carbocycles. The number of aromatic nitrogens is 1. The molecular weight excluding hydrogens is 256 g/mol. The van der Waals surface area contributed by atoms with Crippen molar-refractivity contribution in [2.45, 2.75) is 6.42 Å². The van der Waals surface area contributed by atoms with Crippen LogP contribution in [-0.4, -0.2) is 11.5 Å². The Hall–Kier alpha value is -2.45. The third-order valence-electron chi connectivity index (χ3n) is 3.20. The number of allylic oxidation sites excluding steroid dienone is 4. The second kappa shape index (κ2) is 7.36. The standard InChI is InChI=1S/C19H20N2/c1-3-8-15(4-2)19-14-17(13-18(21-19)11-12-20)16-9-6-5-7-10-16/h3-10,13-14H,1-2,11-12,20H2/b15-8+. The lowest BCUT2D eigenvalue weighted by Gasteiger charge is -2.09. The van der Waals surface area contributed by atoms with Crippen LogP contribution in [0.2, 0.25) is 0 Å². The highest BCUT2D eigenvalue weighted by molar-refractivity contribution is 5.76. The zero-order valence-corrected chi connectivity index (χ0v) is 12.1. The summed E-state index contributed by atoms with van der Waals surface area (Å²) in [6.07, 6.45) is 6.21. The smallest absolute Gasteiger partial charge is 0.0711 e. The molecule has 0 saturated carbocycles. The number of pyridine rings is 1. The average Bonchev–Trinajstić information content (AvgIpc) is 2.53. The molecule has 0 unspecified atom stereocenters. The Morgan fingerprint density at radius 2 is 1.86 bits per heavy atom. The normalized spacial score (nSPS) is 11.2. The third kappa shape index (κ3) is 3.77. The first kappa shape index (κ1) is 14.9. The van der Waals surface area contributed by atoms with Crippen LogP contribution >= 0.6 is 0 Å². The van der Waals surface area contributed by atoms with Crippen LogP contribution in [0.25, 0.3) is 16.7 Å². The van der Waals surface area contributed by atoms with E-state index in [4.69, 9.17) is 5.73 Å². The van der Waals surface area contributed by atoms with E-state index in [1.165, 1.54) is 5.56 Å². The Morgan fingerprint density at radius 3 is 2.48 bits per heavy atom. The number of hydrogen-bond donors (Lipinski definition) is 1. The van der Waals surface area contributed by atoms with Gasteiger partial charge in [0, 0.05) is 12.1 Å². The quantitative estimate of drug-likeness (QED) is 0.810. The summed E-state index contributed by atoms with van der Waals surface area (Å²) in [7, 11) is 0. The molecular formula is C19H20N2. The van der Waals surface area contributed by atoms with E-state index < -0.39 is 0 Å². The van der Waals surface area contributed by atoms with Crippen molar-refractivity contribution in [3.63, 3.8) is 0 Å². The summed E-state index contributed by atoms with van der Waals surface area (Å²) in [5.41, 5.74) is 10.8. The van der Waals surface area contributed by atoms with Crippen molar-refractivity contribution in [1.82, 2.24) is 4.98 Å². The first-order valence-corrected chi connectivity index (χ1v) is 7.00. The van der Waals surface area contributed by atoms with Gasteiger partial charge in [-0.05, 0) is 35.4 Å². The summed E-state index contributed by atoms with van der Waals surface area (Å²) in [4.78, 5) is 4.67. The maximum Gasteiger partial charge on any atom is 0.0711 e. The molecule has 0 saturated heterocycles. The highest BCUT2D eigenvalue weighted by Crippen LogP contribution is 2.24. The molecule has 106 valence electrons. The minimum absolute atomic E-state index is 0.583. The summed E-state index contributed by atoms with van der Waals surface area (Å²) >= 11 is 0. The first-order valence-electron chi connectivity index (χ1n) is 7.00. The fraction of sp³-hybridized carbons (Fsp3) is 0.105. The van der Waals surface area contributed by atoms with E-state index in [1.807, 2.05) is 24.3 Å². The zero-order valence-electron chi connectivity index (χ0n) is 12.1. The summed E-state index contributed by atoms with van der Waals surface area (Å²) in [6.45, 7) is 8.18. The minimum atomic E-state index is 0.583. The molecule has 0 radical (unpaired) electrons. The van der Waals surface area contributed by atoms with E-state index in [0.717, 1.165) is 28.9 Å². The van der Waals surface area contributed by atoms with Gasteiger partial charge >= 0.3 is 0 Å². The highest BCUT2D eigenvalue weighted by atomic mass is 14.7. The Bertz CT molecular complexity index is 655. The fourth-order valence-corrected chi connectivity index (χ4v) is 2.19. The number of rotatable bonds is 6. The van der Waals surface area contributed by atoms with Gasteiger partial charge in [-0.3, -0.25) is 4.98 Å². The van der Waals surface area contributed by atoms with E-state index >= 15 is 0 Å². The lowest BCUT2D eigenvalue weighted by Crippen LogP contribution is -2.05. The molecule has 21 heavy (non-hydrogen) atoms. The van der Waals surface area contributed by atoms with Gasteiger partial charge in [0.2, 0.25) is 0 Å². The van der Waals surface area contributed by atoms with Crippen LogP contribution in [0, 0.1) is 0 Å². The van der Waals surface area contributed by atoms with Crippen molar-refractivity contribution in [3.8, 4) is 11.1 Å². The predicted octanol–water partition coefficient (Wildman–Crippen LogP) is 4.01. The van der Waals surface area contributed by atoms with Crippen molar-refractivity contribution in [1.29, 1.82) is 0 Å². The molecule has 2 heteroatoms. The third-order valence-corrected chi connectivity index (χ3v) is 3.20. The van der Waals surface area contributed by atoms with Crippen molar-refractivity contribution >= 4 is 5.57 Å². The number of hydrogen-bond acceptors (Lipinski definition) is 2. The average molecular weight is 276 g/mol. The molecule has 1 aromatic heterocycles. The summed E-state index contributed by atoms with van der Waals surface area (Å²) in [5, 5.41) is 0. The fourth-order valence-electron chi connectivity index (χ4n) is 2.19. The Labute approximate surface area is 126 Å². The van der Waals surface area contributed by atoms with Gasteiger partial charge in [-0.25, -0.2) is 0 Å². The van der Waals surface area contributed by atoms with Crippen molar-refractivity contribution < 1.29 is 0 Å². The van der Waals surface area contributed by atoms with Gasteiger partial charge < -0.3 is 5.73 Å². The van der Waals surface area contributed by atoms with Gasteiger partial charge in [-0.15, -0.1) is 0 Å². The number of nitrogens with two attached hydrogens (primary N) is 1. The molecule has 2 N–H and O–H groups in total. The van der Waals surface area contributed by atoms with E-state index in [2.05, 4.69) is 42.4 Å². The molecule has 1 heterocycles. The summed E-state index contributed by atoms with van der Waals surface area (Å²) in [5.74, 6) is 0. The lowest BCUT2D eigenvalue weighted by atomic mass is 10.0. The van der Waals surface area contributed by atoms with E-state index in [1.54, 1.807) is 12.2 Å². The lowest BCUT2D eigenvalue weighted by molar-refractivity contribution is 0.920. The Morgan fingerprint density at radius 1 is 1.10 bits per heavy atom. The predicted molar refractivity (Wildman–Crippen MR) is 90.8 cm³/mol. The van der Waals surface area contributed by atoms with Gasteiger partial charge in [0.05, 0.1) is 5.69 Å². The van der Waals surface area contributed by atoms with Gasteiger partial charge in [0.25, 0.3) is 0 Å². The molecule has 0 spiro atoms. The van der Waals surface area contributed by atoms with E-state index in [0.29, 0.717) is 6.54 Å². The molecule has 2 rings (SSSR count). The second-order valence-electron chi connectivity index (χ2n) is 4.70. The largest absolute Gasteiger partial charge is 0.330 e. The van der Waals surface area contributed by atoms with Crippen LogP contribution in [0.4, 0.5) is 0 Å². The van der Waals surface area contributed by atoms with Crippen LogP contribution in [0.5, 0.6) is 0 Å². The molecule has 0 aliphatic rings. The number of benzene rings is 1.